The van der Waals surface area contributed by atoms with Crippen LogP contribution < -0.4 is 4.74 Å². The first-order chi connectivity index (χ1) is 14.5. The summed E-state index contributed by atoms with van der Waals surface area (Å²) in [6.07, 6.45) is 5.27. The lowest BCUT2D eigenvalue weighted by Crippen LogP contribution is -2.30. The number of benzene rings is 2. The van der Waals surface area contributed by atoms with E-state index in [1.165, 1.54) is 6.07 Å². The van der Waals surface area contributed by atoms with Crippen molar-refractivity contribution in [2.75, 3.05) is 13.2 Å². The lowest BCUT2D eigenvalue weighted by Gasteiger charge is -2.29. The molecule has 1 aliphatic rings. The Morgan fingerprint density at radius 3 is 2.47 bits per heavy atom. The molecular formula is C25H31F3O2. The topological polar surface area (TPSA) is 18.5 Å². The van der Waals surface area contributed by atoms with E-state index in [-0.39, 0.29) is 30.2 Å². The molecule has 2 nitrogen and oxygen atoms in total. The van der Waals surface area contributed by atoms with E-state index in [4.69, 9.17) is 9.47 Å². The van der Waals surface area contributed by atoms with Crippen LogP contribution in [0, 0.1) is 17.5 Å². The molecular weight excluding hydrogens is 389 g/mol. The minimum atomic E-state index is -0.749. The molecule has 5 heteroatoms. The maximum absolute atomic E-state index is 14.6. The number of hydrogen-bond acceptors (Lipinski definition) is 2. The Bertz CT molecular complexity index is 829. The molecule has 0 N–H and O–H groups in total. The quantitative estimate of drug-likeness (QED) is 0.447. The third-order valence-corrected chi connectivity index (χ3v) is 5.76. The van der Waals surface area contributed by atoms with Gasteiger partial charge in [-0.05, 0) is 60.9 Å². The van der Waals surface area contributed by atoms with E-state index < -0.39 is 11.6 Å². The summed E-state index contributed by atoms with van der Waals surface area (Å²) < 4.78 is 54.5. The zero-order chi connectivity index (χ0) is 21.5. The Morgan fingerprint density at radius 2 is 1.80 bits per heavy atom. The number of aryl methyl sites for hydroxylation is 2. The van der Waals surface area contributed by atoms with Gasteiger partial charge < -0.3 is 9.47 Å². The Morgan fingerprint density at radius 1 is 0.967 bits per heavy atom. The molecule has 0 spiro atoms. The van der Waals surface area contributed by atoms with E-state index in [1.807, 2.05) is 13.0 Å². The van der Waals surface area contributed by atoms with Crippen molar-refractivity contribution >= 4 is 0 Å². The Balaban J connectivity index is 1.53. The summed E-state index contributed by atoms with van der Waals surface area (Å²) in [6, 6.07) is 8.44. The van der Waals surface area contributed by atoms with Crippen LogP contribution in [0.15, 0.2) is 30.3 Å². The van der Waals surface area contributed by atoms with Crippen molar-refractivity contribution in [3.05, 3.63) is 64.5 Å². The van der Waals surface area contributed by atoms with Gasteiger partial charge in [0.25, 0.3) is 0 Å². The van der Waals surface area contributed by atoms with Gasteiger partial charge in [-0.25, -0.2) is 13.2 Å². The summed E-state index contributed by atoms with van der Waals surface area (Å²) in [5, 5.41) is 0. The van der Waals surface area contributed by atoms with Gasteiger partial charge in [0.1, 0.15) is 6.61 Å². The largest absolute Gasteiger partial charge is 0.488 e. The van der Waals surface area contributed by atoms with E-state index >= 15 is 0 Å². The average molecular weight is 421 g/mol. The predicted octanol–water partition coefficient (Wildman–Crippen LogP) is 6.74. The summed E-state index contributed by atoms with van der Waals surface area (Å²) in [6.45, 7) is 4.62. The highest BCUT2D eigenvalue weighted by Crippen LogP contribution is 2.32. The third kappa shape index (κ3) is 5.57. The number of ether oxygens (including phenoxy) is 2. The molecule has 0 amide bonds. The first kappa shape index (κ1) is 22.7. The maximum Gasteiger partial charge on any atom is 0.165 e. The molecule has 0 radical (unpaired) electrons. The van der Waals surface area contributed by atoms with Crippen LogP contribution in [0.5, 0.6) is 5.75 Å². The van der Waals surface area contributed by atoms with Crippen LogP contribution in [0.1, 0.15) is 68.6 Å². The second kappa shape index (κ2) is 10.9. The van der Waals surface area contributed by atoms with Gasteiger partial charge in [-0.2, -0.15) is 0 Å². The number of rotatable bonds is 9. The molecule has 3 rings (SSSR count). The fourth-order valence-corrected chi connectivity index (χ4v) is 3.95. The van der Waals surface area contributed by atoms with E-state index in [0.29, 0.717) is 37.0 Å². The van der Waals surface area contributed by atoms with Crippen LogP contribution in [0.3, 0.4) is 0 Å². The lowest BCUT2D eigenvalue weighted by atomic mass is 9.90. The van der Waals surface area contributed by atoms with Crippen LogP contribution in [-0.4, -0.2) is 19.3 Å². The van der Waals surface area contributed by atoms with Gasteiger partial charge in [0.2, 0.25) is 0 Å². The second-order valence-corrected chi connectivity index (χ2v) is 8.10. The fraction of sp³-hybridized carbons (Fsp3) is 0.520. The number of halogens is 3. The molecule has 1 aliphatic heterocycles. The van der Waals surface area contributed by atoms with Gasteiger partial charge in [-0.15, -0.1) is 0 Å². The number of hydrogen-bond donors (Lipinski definition) is 0. The molecule has 0 bridgehead atoms. The van der Waals surface area contributed by atoms with E-state index in [2.05, 4.69) is 6.92 Å². The van der Waals surface area contributed by atoms with Crippen LogP contribution in [0.25, 0.3) is 0 Å². The maximum atomic E-state index is 14.6. The van der Waals surface area contributed by atoms with Crippen LogP contribution in [0.4, 0.5) is 13.2 Å². The Kier molecular flexibility index (Phi) is 8.20. The minimum Gasteiger partial charge on any atom is -0.488 e. The highest BCUT2D eigenvalue weighted by molar-refractivity contribution is 5.30. The first-order valence-electron chi connectivity index (χ1n) is 11.0. The van der Waals surface area contributed by atoms with Gasteiger partial charge >= 0.3 is 0 Å². The van der Waals surface area contributed by atoms with Gasteiger partial charge in [0.05, 0.1) is 12.7 Å². The molecule has 2 atom stereocenters. The fourth-order valence-electron chi connectivity index (χ4n) is 3.95. The smallest absolute Gasteiger partial charge is 0.165 e. The van der Waals surface area contributed by atoms with E-state index in [1.54, 1.807) is 18.2 Å². The summed E-state index contributed by atoms with van der Waals surface area (Å²) in [4.78, 5) is 0. The molecule has 30 heavy (non-hydrogen) atoms. The average Bonchev–Trinajstić information content (AvgIpc) is 2.75. The van der Waals surface area contributed by atoms with Crippen molar-refractivity contribution in [2.24, 2.45) is 0 Å². The summed E-state index contributed by atoms with van der Waals surface area (Å²) in [5.41, 5.74) is 1.77. The summed E-state index contributed by atoms with van der Waals surface area (Å²) in [5.74, 6) is -1.80. The zero-order valence-corrected chi connectivity index (χ0v) is 17.9. The molecule has 1 saturated heterocycles. The minimum absolute atomic E-state index is 0.180. The Hall–Kier alpha value is -2.01. The van der Waals surface area contributed by atoms with Gasteiger partial charge in [0.15, 0.2) is 23.2 Å². The standard InChI is InChI=1S/C25H31F3O2/c1-3-5-7-18-10-12-21(25(28)24(18)27)19-9-11-20(29-15-19)16-30-23-13-8-17(6-4-2)14-22(23)26/h8,10,12-14,19-20H,3-7,9,11,15-16H2,1-2H3. The predicted molar refractivity (Wildman–Crippen MR) is 113 cm³/mol. The molecule has 0 saturated carbocycles. The summed E-state index contributed by atoms with van der Waals surface area (Å²) >= 11 is 0. The SMILES string of the molecule is CCCCc1ccc(C2CCC(COc3ccc(CCC)cc3F)OC2)c(F)c1F. The Labute approximate surface area is 177 Å². The van der Waals surface area contributed by atoms with Gasteiger partial charge in [0, 0.05) is 5.92 Å². The van der Waals surface area contributed by atoms with Crippen molar-refractivity contribution in [3.8, 4) is 5.75 Å². The van der Waals surface area contributed by atoms with Gasteiger partial charge in [-0.1, -0.05) is 44.9 Å². The van der Waals surface area contributed by atoms with Gasteiger partial charge in [-0.3, -0.25) is 0 Å². The number of unbranched alkanes of at least 4 members (excludes halogenated alkanes) is 1. The first-order valence-corrected chi connectivity index (χ1v) is 11.0. The lowest BCUT2D eigenvalue weighted by molar-refractivity contribution is -0.0224. The van der Waals surface area contributed by atoms with Crippen molar-refractivity contribution in [2.45, 2.75) is 70.8 Å². The van der Waals surface area contributed by atoms with Crippen molar-refractivity contribution in [3.63, 3.8) is 0 Å². The molecule has 2 unspecified atom stereocenters. The highest BCUT2D eigenvalue weighted by Gasteiger charge is 2.27. The molecule has 1 fully saturated rings. The van der Waals surface area contributed by atoms with Crippen molar-refractivity contribution < 1.29 is 22.6 Å². The third-order valence-electron chi connectivity index (χ3n) is 5.76. The molecule has 1 heterocycles. The normalized spacial score (nSPS) is 19.1. The van der Waals surface area contributed by atoms with E-state index in [9.17, 15) is 13.2 Å². The molecule has 0 aromatic heterocycles. The van der Waals surface area contributed by atoms with Crippen LogP contribution in [-0.2, 0) is 17.6 Å². The van der Waals surface area contributed by atoms with E-state index in [0.717, 1.165) is 31.2 Å². The molecule has 0 aliphatic carbocycles. The van der Waals surface area contributed by atoms with Crippen molar-refractivity contribution in [1.82, 2.24) is 0 Å². The molecule has 2 aromatic carbocycles. The molecule has 2 aromatic rings. The second-order valence-electron chi connectivity index (χ2n) is 8.10. The van der Waals surface area contributed by atoms with Crippen LogP contribution >= 0.6 is 0 Å². The van der Waals surface area contributed by atoms with Crippen molar-refractivity contribution in [1.29, 1.82) is 0 Å². The summed E-state index contributed by atoms with van der Waals surface area (Å²) in [7, 11) is 0. The zero-order valence-electron chi connectivity index (χ0n) is 17.9. The highest BCUT2D eigenvalue weighted by atomic mass is 19.2. The van der Waals surface area contributed by atoms with Crippen LogP contribution in [0.2, 0.25) is 0 Å². The molecule has 164 valence electrons. The monoisotopic (exact) mass is 420 g/mol.